The molecule has 0 spiro atoms. The molecule has 0 bridgehead atoms. The van der Waals surface area contributed by atoms with Gasteiger partial charge in [0.25, 0.3) is 5.91 Å². The lowest BCUT2D eigenvalue weighted by Gasteiger charge is -2.37. The summed E-state index contributed by atoms with van der Waals surface area (Å²) >= 11 is 0. The Hall–Kier alpha value is -1.52. The number of amides is 1. The van der Waals surface area contributed by atoms with E-state index in [-0.39, 0.29) is 5.91 Å². The number of nitrogens with one attached hydrogen (secondary N) is 1. The summed E-state index contributed by atoms with van der Waals surface area (Å²) < 4.78 is 0. The number of hydrogen-bond acceptors (Lipinski definition) is 3. The summed E-state index contributed by atoms with van der Waals surface area (Å²) in [6.07, 6.45) is 6.08. The maximum absolute atomic E-state index is 12.4. The highest BCUT2D eigenvalue weighted by atomic mass is 16.2. The Labute approximate surface area is 100 Å². The predicted molar refractivity (Wildman–Crippen MR) is 64.4 cm³/mol. The van der Waals surface area contributed by atoms with Crippen LogP contribution in [0.5, 0.6) is 0 Å². The lowest BCUT2D eigenvalue weighted by Crippen LogP contribution is -2.46. The highest BCUT2D eigenvalue weighted by Crippen LogP contribution is 2.37. The van der Waals surface area contributed by atoms with Crippen LogP contribution in [0.15, 0.2) is 6.07 Å². The van der Waals surface area contributed by atoms with Gasteiger partial charge in [0.05, 0.1) is 0 Å². The number of hydrogen-bond donors (Lipinski definition) is 2. The molecule has 2 fully saturated rings. The number of H-pyrrole nitrogens is 1. The molecule has 3 N–H and O–H groups in total. The average Bonchev–Trinajstić information content (AvgIpc) is 2.95. The van der Waals surface area contributed by atoms with Crippen molar-refractivity contribution in [3.63, 3.8) is 0 Å². The topological polar surface area (TPSA) is 75.0 Å². The molecule has 1 amide bonds. The molecule has 0 radical (unpaired) electrons. The van der Waals surface area contributed by atoms with Crippen LogP contribution < -0.4 is 5.73 Å². The minimum absolute atomic E-state index is 0.0609. The Morgan fingerprint density at radius 3 is 3.00 bits per heavy atom. The molecule has 1 aliphatic carbocycles. The van der Waals surface area contributed by atoms with Crippen LogP contribution in [0.4, 0.5) is 5.82 Å². The molecule has 17 heavy (non-hydrogen) atoms. The molecule has 2 aliphatic rings. The molecule has 2 atom stereocenters. The Balaban J connectivity index is 1.81. The van der Waals surface area contributed by atoms with Gasteiger partial charge in [-0.2, -0.15) is 5.10 Å². The van der Waals surface area contributed by atoms with Crippen LogP contribution in [-0.4, -0.2) is 33.6 Å². The third-order valence-corrected chi connectivity index (χ3v) is 4.08. The van der Waals surface area contributed by atoms with E-state index in [9.17, 15) is 4.79 Å². The summed E-state index contributed by atoms with van der Waals surface area (Å²) in [6.45, 7) is 0.874. The van der Waals surface area contributed by atoms with E-state index < -0.39 is 0 Å². The van der Waals surface area contributed by atoms with E-state index in [0.717, 1.165) is 19.4 Å². The van der Waals surface area contributed by atoms with Crippen LogP contribution in [-0.2, 0) is 0 Å². The van der Waals surface area contributed by atoms with E-state index in [2.05, 4.69) is 10.2 Å². The fourth-order valence-corrected chi connectivity index (χ4v) is 3.31. The fourth-order valence-electron chi connectivity index (χ4n) is 3.31. The van der Waals surface area contributed by atoms with Gasteiger partial charge in [0.2, 0.25) is 0 Å². The molecule has 0 aromatic carbocycles. The molecule has 1 saturated heterocycles. The number of fused-ring (bicyclic) bond motifs is 1. The molecule has 1 aromatic heterocycles. The zero-order valence-electron chi connectivity index (χ0n) is 9.85. The largest absolute Gasteiger partial charge is 0.382 e. The van der Waals surface area contributed by atoms with Gasteiger partial charge < -0.3 is 10.6 Å². The summed E-state index contributed by atoms with van der Waals surface area (Å²) in [7, 11) is 0. The van der Waals surface area contributed by atoms with E-state index >= 15 is 0 Å². The number of carbonyl (C=O) groups excluding carboxylic acids is 1. The van der Waals surface area contributed by atoms with Crippen molar-refractivity contribution in [2.45, 2.75) is 38.1 Å². The van der Waals surface area contributed by atoms with Crippen molar-refractivity contribution in [1.82, 2.24) is 15.1 Å². The van der Waals surface area contributed by atoms with Gasteiger partial charge in [-0.05, 0) is 31.6 Å². The number of anilines is 1. The normalized spacial score (nSPS) is 28.1. The van der Waals surface area contributed by atoms with Crippen molar-refractivity contribution < 1.29 is 4.79 Å². The minimum atomic E-state index is 0.0609. The number of rotatable bonds is 1. The highest BCUT2D eigenvalue weighted by molar-refractivity contribution is 5.93. The molecule has 1 saturated carbocycles. The van der Waals surface area contributed by atoms with Crippen molar-refractivity contribution in [3.8, 4) is 0 Å². The Kier molecular flexibility index (Phi) is 2.53. The van der Waals surface area contributed by atoms with E-state index in [1.165, 1.54) is 19.3 Å². The van der Waals surface area contributed by atoms with Crippen molar-refractivity contribution in [2.75, 3.05) is 12.3 Å². The second-order valence-corrected chi connectivity index (χ2v) is 5.11. The number of aromatic nitrogens is 2. The zero-order chi connectivity index (χ0) is 11.8. The average molecular weight is 234 g/mol. The quantitative estimate of drug-likeness (QED) is 0.771. The van der Waals surface area contributed by atoms with Gasteiger partial charge in [-0.15, -0.1) is 0 Å². The van der Waals surface area contributed by atoms with Gasteiger partial charge in [-0.1, -0.05) is 6.42 Å². The first-order chi connectivity index (χ1) is 8.25. The first-order valence-corrected chi connectivity index (χ1v) is 6.37. The number of nitrogens with zero attached hydrogens (tertiary/aromatic N) is 2. The molecular formula is C12H18N4O. The smallest absolute Gasteiger partial charge is 0.272 e. The lowest BCUT2D eigenvalue weighted by molar-refractivity contribution is 0.0542. The first-order valence-electron chi connectivity index (χ1n) is 6.37. The molecular weight excluding hydrogens is 216 g/mol. The van der Waals surface area contributed by atoms with E-state index in [4.69, 9.17) is 5.73 Å². The SMILES string of the molecule is Nc1cc(C(=O)N2CCCC3CCCC32)[nH]n1. The van der Waals surface area contributed by atoms with Crippen LogP contribution in [0.2, 0.25) is 0 Å². The van der Waals surface area contributed by atoms with Crippen LogP contribution in [0.25, 0.3) is 0 Å². The maximum atomic E-state index is 12.4. The van der Waals surface area contributed by atoms with Crippen LogP contribution in [0.1, 0.15) is 42.6 Å². The lowest BCUT2D eigenvalue weighted by atomic mass is 9.92. The molecule has 5 heteroatoms. The third kappa shape index (κ3) is 1.79. The van der Waals surface area contributed by atoms with Gasteiger partial charge in [-0.25, -0.2) is 0 Å². The van der Waals surface area contributed by atoms with Gasteiger partial charge in [-0.3, -0.25) is 9.89 Å². The van der Waals surface area contributed by atoms with Gasteiger partial charge in [0.1, 0.15) is 11.5 Å². The van der Waals surface area contributed by atoms with Gasteiger partial charge in [0, 0.05) is 18.7 Å². The van der Waals surface area contributed by atoms with Crippen molar-refractivity contribution in [1.29, 1.82) is 0 Å². The number of nitrogen functional groups attached to an aromatic ring is 1. The molecule has 5 nitrogen and oxygen atoms in total. The summed E-state index contributed by atoms with van der Waals surface area (Å²) in [4.78, 5) is 14.4. The molecule has 2 unspecified atom stereocenters. The minimum Gasteiger partial charge on any atom is -0.382 e. The summed E-state index contributed by atoms with van der Waals surface area (Å²) in [5, 5.41) is 6.54. The summed E-state index contributed by atoms with van der Waals surface area (Å²) in [5.41, 5.74) is 6.06. The van der Waals surface area contributed by atoms with Crippen molar-refractivity contribution in [2.24, 2.45) is 5.92 Å². The Morgan fingerprint density at radius 1 is 1.41 bits per heavy atom. The summed E-state index contributed by atoms with van der Waals surface area (Å²) in [6, 6.07) is 2.07. The van der Waals surface area contributed by atoms with E-state index in [1.807, 2.05) is 4.90 Å². The number of nitrogens with two attached hydrogens (primary N) is 1. The van der Waals surface area contributed by atoms with Crippen molar-refractivity contribution >= 4 is 11.7 Å². The first kappa shape index (κ1) is 10.6. The Morgan fingerprint density at radius 2 is 2.24 bits per heavy atom. The maximum Gasteiger partial charge on any atom is 0.272 e. The van der Waals surface area contributed by atoms with Crippen LogP contribution >= 0.6 is 0 Å². The monoisotopic (exact) mass is 234 g/mol. The van der Waals surface area contributed by atoms with Crippen LogP contribution in [0.3, 0.4) is 0 Å². The van der Waals surface area contributed by atoms with Crippen molar-refractivity contribution in [3.05, 3.63) is 11.8 Å². The third-order valence-electron chi connectivity index (χ3n) is 4.08. The van der Waals surface area contributed by atoms with E-state index in [0.29, 0.717) is 23.5 Å². The highest BCUT2D eigenvalue weighted by Gasteiger charge is 2.37. The molecule has 1 aromatic rings. The number of aromatic amines is 1. The zero-order valence-corrected chi connectivity index (χ0v) is 9.85. The van der Waals surface area contributed by atoms with Gasteiger partial charge in [0.15, 0.2) is 0 Å². The fraction of sp³-hybridized carbons (Fsp3) is 0.667. The van der Waals surface area contributed by atoms with Gasteiger partial charge >= 0.3 is 0 Å². The second-order valence-electron chi connectivity index (χ2n) is 5.11. The second kappa shape index (κ2) is 4.05. The van der Waals surface area contributed by atoms with Crippen LogP contribution in [0, 0.1) is 5.92 Å². The molecule has 92 valence electrons. The number of likely N-dealkylation sites (tertiary alicyclic amines) is 1. The number of piperidine rings is 1. The molecule has 3 rings (SSSR count). The molecule has 2 heterocycles. The van der Waals surface area contributed by atoms with E-state index in [1.54, 1.807) is 6.07 Å². The standard InChI is InChI=1S/C12H18N4O/c13-11-7-9(14-15-11)12(17)16-6-2-4-8-3-1-5-10(8)16/h7-8,10H,1-6H2,(H3,13,14,15). The summed E-state index contributed by atoms with van der Waals surface area (Å²) in [5.74, 6) is 1.16. The number of carbonyl (C=O) groups is 1. The molecule has 1 aliphatic heterocycles. The predicted octanol–water partition coefficient (Wildman–Crippen LogP) is 1.40. The Bertz CT molecular complexity index is 428.